The first kappa shape index (κ1) is 26.3. The first-order valence-corrected chi connectivity index (χ1v) is 12.7. The van der Waals surface area contributed by atoms with Crippen molar-refractivity contribution in [1.82, 2.24) is 20.1 Å². The summed E-state index contributed by atoms with van der Waals surface area (Å²) in [6, 6.07) is 12.6. The van der Waals surface area contributed by atoms with Gasteiger partial charge in [-0.25, -0.2) is 0 Å². The van der Waals surface area contributed by atoms with E-state index in [-0.39, 0.29) is 18.3 Å². The minimum atomic E-state index is -0.542. The number of aromatic nitrogens is 3. The number of nitrogens with zero attached hydrogens (tertiary/aromatic N) is 4. The third kappa shape index (κ3) is 6.17. The molecule has 1 atom stereocenters. The van der Waals surface area contributed by atoms with E-state index in [1.807, 2.05) is 60.9 Å². The second kappa shape index (κ2) is 12.0. The van der Waals surface area contributed by atoms with Gasteiger partial charge in [-0.2, -0.15) is 0 Å². The smallest absolute Gasteiger partial charge is 0.305 e. The van der Waals surface area contributed by atoms with E-state index in [9.17, 15) is 9.59 Å². The highest BCUT2D eigenvalue weighted by Crippen LogP contribution is 2.34. The highest BCUT2D eigenvalue weighted by Gasteiger charge is 2.30. The van der Waals surface area contributed by atoms with E-state index < -0.39 is 6.04 Å². The number of nitrogens with one attached hydrogen (secondary N) is 1. The van der Waals surface area contributed by atoms with E-state index in [4.69, 9.17) is 26.1 Å². The van der Waals surface area contributed by atoms with Gasteiger partial charge in [-0.1, -0.05) is 23.7 Å². The molecule has 0 saturated carbocycles. The van der Waals surface area contributed by atoms with Crippen LogP contribution in [0.2, 0.25) is 5.02 Å². The van der Waals surface area contributed by atoms with E-state index >= 15 is 0 Å². The summed E-state index contributed by atoms with van der Waals surface area (Å²) in [7, 11) is 0. The molecule has 4 rings (SSSR count). The van der Waals surface area contributed by atoms with Crippen molar-refractivity contribution in [1.29, 1.82) is 0 Å². The van der Waals surface area contributed by atoms with Gasteiger partial charge >= 0.3 is 5.97 Å². The summed E-state index contributed by atoms with van der Waals surface area (Å²) in [4.78, 5) is 29.3. The van der Waals surface area contributed by atoms with Gasteiger partial charge in [0.15, 0.2) is 5.82 Å². The maximum Gasteiger partial charge on any atom is 0.305 e. The van der Waals surface area contributed by atoms with Crippen LogP contribution in [0.3, 0.4) is 0 Å². The largest absolute Gasteiger partial charge is 0.494 e. The molecular formula is C27H30ClN5O4. The number of esters is 1. The van der Waals surface area contributed by atoms with Crippen molar-refractivity contribution in [3.05, 3.63) is 70.3 Å². The molecule has 0 fully saturated rings. The molecular weight excluding hydrogens is 494 g/mol. The first-order chi connectivity index (χ1) is 17.9. The minimum absolute atomic E-state index is 0.115. The Kier molecular flexibility index (Phi) is 8.55. The molecule has 10 heteroatoms. The molecule has 1 aliphatic heterocycles. The van der Waals surface area contributed by atoms with E-state index in [0.717, 1.165) is 16.8 Å². The third-order valence-corrected chi connectivity index (χ3v) is 6.12. The number of carbonyl (C=O) groups excluding carboxylic acids is 2. The monoisotopic (exact) mass is 523 g/mol. The molecule has 194 valence electrons. The van der Waals surface area contributed by atoms with Crippen LogP contribution >= 0.6 is 11.6 Å². The minimum Gasteiger partial charge on any atom is -0.494 e. The Morgan fingerprint density at radius 2 is 1.89 bits per heavy atom. The molecule has 0 saturated heterocycles. The fraction of sp³-hybridized carbons (Fsp3) is 0.370. The molecule has 3 aromatic rings. The van der Waals surface area contributed by atoms with Crippen molar-refractivity contribution in [2.75, 3.05) is 19.8 Å². The predicted octanol–water partition coefficient (Wildman–Crippen LogP) is 4.37. The van der Waals surface area contributed by atoms with Crippen LogP contribution in [0, 0.1) is 6.92 Å². The van der Waals surface area contributed by atoms with Crippen molar-refractivity contribution >= 4 is 29.2 Å². The quantitative estimate of drug-likeness (QED) is 0.312. The number of aryl methyl sites for hydroxylation is 1. The van der Waals surface area contributed by atoms with E-state index in [1.165, 1.54) is 0 Å². The lowest BCUT2D eigenvalue weighted by Gasteiger charge is -2.15. The van der Waals surface area contributed by atoms with Gasteiger partial charge in [0.05, 0.1) is 31.0 Å². The average molecular weight is 524 g/mol. The fourth-order valence-corrected chi connectivity index (χ4v) is 4.35. The molecule has 0 aliphatic carbocycles. The summed E-state index contributed by atoms with van der Waals surface area (Å²) in [5.41, 5.74) is 3.20. The second-order valence-electron chi connectivity index (χ2n) is 8.53. The lowest BCUT2D eigenvalue weighted by molar-refractivity contribution is -0.143. The Labute approximate surface area is 220 Å². The molecule has 37 heavy (non-hydrogen) atoms. The van der Waals surface area contributed by atoms with Crippen LogP contribution < -0.4 is 10.1 Å². The molecule has 1 unspecified atom stereocenters. The highest BCUT2D eigenvalue weighted by atomic mass is 35.5. The number of rotatable bonds is 10. The second-order valence-corrected chi connectivity index (χ2v) is 8.97. The van der Waals surface area contributed by atoms with E-state index in [0.29, 0.717) is 60.7 Å². The summed E-state index contributed by atoms with van der Waals surface area (Å²) < 4.78 is 12.9. The third-order valence-electron chi connectivity index (χ3n) is 5.87. The van der Waals surface area contributed by atoms with Gasteiger partial charge in [-0.15, -0.1) is 10.2 Å². The Hall–Kier alpha value is -3.72. The van der Waals surface area contributed by atoms with Crippen molar-refractivity contribution in [3.8, 4) is 11.4 Å². The Morgan fingerprint density at radius 3 is 2.62 bits per heavy atom. The number of halogens is 1. The summed E-state index contributed by atoms with van der Waals surface area (Å²) in [6.07, 6.45) is 0.965. The van der Waals surface area contributed by atoms with Crippen molar-refractivity contribution in [3.63, 3.8) is 0 Å². The molecule has 1 amide bonds. The highest BCUT2D eigenvalue weighted by molar-refractivity contribution is 6.30. The van der Waals surface area contributed by atoms with Crippen LogP contribution in [0.5, 0.6) is 5.75 Å². The summed E-state index contributed by atoms with van der Waals surface area (Å²) in [6.45, 7) is 6.79. The maximum atomic E-state index is 12.6. The molecule has 1 aliphatic rings. The zero-order valence-corrected chi connectivity index (χ0v) is 21.9. The molecule has 1 aromatic heterocycles. The lowest BCUT2D eigenvalue weighted by Crippen LogP contribution is -2.25. The van der Waals surface area contributed by atoms with Crippen LogP contribution in [0.1, 0.15) is 61.9 Å². The van der Waals surface area contributed by atoms with Crippen LogP contribution in [0.4, 0.5) is 0 Å². The number of aliphatic imine (C=N–C) groups is 1. The Bertz CT molecular complexity index is 1300. The Balaban J connectivity index is 1.74. The summed E-state index contributed by atoms with van der Waals surface area (Å²) in [5.74, 6) is 1.57. The number of fused-ring (bicyclic) bond motifs is 3. The van der Waals surface area contributed by atoms with Gasteiger partial charge in [-0.05, 0) is 57.5 Å². The molecule has 0 spiro atoms. The average Bonchev–Trinajstić information content (AvgIpc) is 3.20. The summed E-state index contributed by atoms with van der Waals surface area (Å²) >= 11 is 6.16. The lowest BCUT2D eigenvalue weighted by atomic mass is 10.00. The zero-order valence-electron chi connectivity index (χ0n) is 21.2. The number of ether oxygens (including phenoxy) is 2. The standard InChI is InChI=1S/C27H30ClN5O4/c1-4-29-24(34)16-22-27-32-31-17(3)33(27)23-13-12-20(37-14-6-7-25(35)36-5-2)15-21(23)26(30-22)18-8-10-19(28)11-9-18/h8-13,15,22H,4-7,14,16H2,1-3H3,(H,29,34). The van der Waals surface area contributed by atoms with Crippen LogP contribution in [0.25, 0.3) is 5.69 Å². The van der Waals surface area contributed by atoms with Gasteiger partial charge in [0.2, 0.25) is 5.91 Å². The zero-order chi connectivity index (χ0) is 26.4. The topological polar surface area (TPSA) is 108 Å². The van der Waals surface area contributed by atoms with E-state index in [2.05, 4.69) is 15.5 Å². The number of benzene rings is 2. The summed E-state index contributed by atoms with van der Waals surface area (Å²) in [5, 5.41) is 12.1. The van der Waals surface area contributed by atoms with E-state index in [1.54, 1.807) is 6.92 Å². The van der Waals surface area contributed by atoms with Crippen molar-refractivity contribution in [2.45, 2.75) is 46.1 Å². The maximum absolute atomic E-state index is 12.6. The van der Waals surface area contributed by atoms with Gasteiger partial charge in [0.1, 0.15) is 17.6 Å². The molecule has 9 nitrogen and oxygen atoms in total. The molecule has 2 aromatic carbocycles. The fourth-order valence-electron chi connectivity index (χ4n) is 4.22. The van der Waals surface area contributed by atoms with Crippen LogP contribution in [-0.2, 0) is 14.3 Å². The number of hydrogen-bond donors (Lipinski definition) is 1. The van der Waals surface area contributed by atoms with Gasteiger partial charge in [0.25, 0.3) is 0 Å². The predicted molar refractivity (Wildman–Crippen MR) is 141 cm³/mol. The Morgan fingerprint density at radius 1 is 1.11 bits per heavy atom. The molecule has 1 N–H and O–H groups in total. The van der Waals surface area contributed by atoms with Crippen molar-refractivity contribution in [2.24, 2.45) is 4.99 Å². The SMILES string of the molecule is CCNC(=O)CC1N=C(c2ccc(Cl)cc2)c2cc(OCCCC(=O)OCC)ccc2-n2c(C)nnc21. The van der Waals surface area contributed by atoms with Crippen LogP contribution in [0.15, 0.2) is 47.5 Å². The van der Waals surface area contributed by atoms with Gasteiger partial charge in [0, 0.05) is 29.1 Å². The van der Waals surface area contributed by atoms with Gasteiger partial charge in [-0.3, -0.25) is 19.1 Å². The molecule has 0 bridgehead atoms. The normalized spacial score (nSPS) is 14.2. The number of carbonyl (C=O) groups is 2. The van der Waals surface area contributed by atoms with Gasteiger partial charge < -0.3 is 14.8 Å². The molecule has 2 heterocycles. The van der Waals surface area contributed by atoms with Crippen LogP contribution in [-0.4, -0.2) is 52.1 Å². The number of amides is 1. The van der Waals surface area contributed by atoms with Crippen molar-refractivity contribution < 1.29 is 19.1 Å². The number of hydrogen-bond acceptors (Lipinski definition) is 7. The first-order valence-electron chi connectivity index (χ1n) is 12.4. The molecule has 0 radical (unpaired) electrons.